The van der Waals surface area contributed by atoms with E-state index in [9.17, 15) is 0 Å². The molecule has 16 heavy (non-hydrogen) atoms. The maximum atomic E-state index is 5.88. The Labute approximate surface area is 105 Å². The van der Waals surface area contributed by atoms with Gasteiger partial charge in [-0.05, 0) is 35.7 Å². The Morgan fingerprint density at radius 1 is 1.25 bits per heavy atom. The molecule has 0 atom stereocenters. The highest BCUT2D eigenvalue weighted by Gasteiger charge is 2.15. The molecule has 4 nitrogen and oxygen atoms in total. The summed E-state index contributed by atoms with van der Waals surface area (Å²) in [5, 5.41) is 0. The number of aromatic nitrogens is 2. The van der Waals surface area contributed by atoms with E-state index in [1.807, 2.05) is 0 Å². The number of nitrogens with two attached hydrogens (primary N) is 1. The Balaban J connectivity index is 3.23. The molecule has 0 aliphatic carbocycles. The predicted molar refractivity (Wildman–Crippen MR) is 71.8 cm³/mol. The third-order valence-electron chi connectivity index (χ3n) is 2.48. The van der Waals surface area contributed by atoms with E-state index in [4.69, 9.17) is 5.73 Å². The maximum absolute atomic E-state index is 5.88. The molecule has 5 heteroatoms. The zero-order valence-electron chi connectivity index (χ0n) is 10.3. The molecule has 0 radical (unpaired) electrons. The SMILES string of the molecule is CCN(CC)c1nc(N)c(Br)c(C(C)C)n1. The average Bonchev–Trinajstić information content (AvgIpc) is 2.24. The fourth-order valence-electron chi connectivity index (χ4n) is 1.50. The van der Waals surface area contributed by atoms with E-state index in [1.165, 1.54) is 0 Å². The average molecular weight is 287 g/mol. The van der Waals surface area contributed by atoms with Crippen LogP contribution in [0.1, 0.15) is 39.3 Å². The van der Waals surface area contributed by atoms with Crippen LogP contribution in [-0.4, -0.2) is 23.1 Å². The molecule has 0 aliphatic rings. The first-order chi connectivity index (χ1) is 7.51. The van der Waals surface area contributed by atoms with Gasteiger partial charge in [-0.3, -0.25) is 0 Å². The van der Waals surface area contributed by atoms with Gasteiger partial charge in [0.2, 0.25) is 5.95 Å². The van der Waals surface area contributed by atoms with Crippen molar-refractivity contribution >= 4 is 27.7 Å². The lowest BCUT2D eigenvalue weighted by Crippen LogP contribution is -2.25. The van der Waals surface area contributed by atoms with Gasteiger partial charge in [-0.25, -0.2) is 4.98 Å². The van der Waals surface area contributed by atoms with Crippen LogP contribution in [-0.2, 0) is 0 Å². The maximum Gasteiger partial charge on any atom is 0.227 e. The summed E-state index contributed by atoms with van der Waals surface area (Å²) in [4.78, 5) is 11.0. The summed E-state index contributed by atoms with van der Waals surface area (Å²) in [6, 6.07) is 0. The summed E-state index contributed by atoms with van der Waals surface area (Å²) in [6.07, 6.45) is 0. The van der Waals surface area contributed by atoms with Crippen LogP contribution in [0.5, 0.6) is 0 Å². The largest absolute Gasteiger partial charge is 0.383 e. The first kappa shape index (κ1) is 13.2. The molecule has 0 unspecified atom stereocenters. The number of nitrogens with zero attached hydrogens (tertiary/aromatic N) is 3. The van der Waals surface area contributed by atoms with Crippen LogP contribution < -0.4 is 10.6 Å². The first-order valence-corrected chi connectivity index (χ1v) is 6.38. The second-order valence-electron chi connectivity index (χ2n) is 3.94. The summed E-state index contributed by atoms with van der Waals surface area (Å²) in [7, 11) is 0. The van der Waals surface area contributed by atoms with Gasteiger partial charge in [0, 0.05) is 13.1 Å². The fourth-order valence-corrected chi connectivity index (χ4v) is 2.14. The van der Waals surface area contributed by atoms with Gasteiger partial charge in [-0.2, -0.15) is 4.98 Å². The Kier molecular flexibility index (Phi) is 4.53. The van der Waals surface area contributed by atoms with Gasteiger partial charge in [0.05, 0.1) is 10.2 Å². The van der Waals surface area contributed by atoms with E-state index in [2.05, 4.69) is 58.5 Å². The van der Waals surface area contributed by atoms with E-state index in [1.54, 1.807) is 0 Å². The van der Waals surface area contributed by atoms with E-state index in [0.717, 1.165) is 29.2 Å². The second-order valence-corrected chi connectivity index (χ2v) is 4.73. The van der Waals surface area contributed by atoms with Crippen LogP contribution in [0.2, 0.25) is 0 Å². The monoisotopic (exact) mass is 286 g/mol. The minimum atomic E-state index is 0.328. The van der Waals surface area contributed by atoms with Crippen molar-refractivity contribution in [3.05, 3.63) is 10.2 Å². The lowest BCUT2D eigenvalue weighted by Gasteiger charge is -2.21. The topological polar surface area (TPSA) is 55.0 Å². The molecule has 0 aliphatic heterocycles. The van der Waals surface area contributed by atoms with Gasteiger partial charge in [-0.1, -0.05) is 13.8 Å². The molecule has 0 saturated heterocycles. The molecule has 0 spiro atoms. The van der Waals surface area contributed by atoms with Gasteiger partial charge >= 0.3 is 0 Å². The van der Waals surface area contributed by atoms with Crippen LogP contribution >= 0.6 is 15.9 Å². The highest BCUT2D eigenvalue weighted by molar-refractivity contribution is 9.10. The summed E-state index contributed by atoms with van der Waals surface area (Å²) >= 11 is 3.44. The third-order valence-corrected chi connectivity index (χ3v) is 3.30. The zero-order valence-corrected chi connectivity index (χ0v) is 11.9. The van der Waals surface area contributed by atoms with E-state index in [-0.39, 0.29) is 0 Å². The lowest BCUT2D eigenvalue weighted by atomic mass is 10.1. The van der Waals surface area contributed by atoms with E-state index < -0.39 is 0 Å². The number of hydrogen-bond acceptors (Lipinski definition) is 4. The van der Waals surface area contributed by atoms with Crippen molar-refractivity contribution in [2.75, 3.05) is 23.7 Å². The molecule has 0 aromatic carbocycles. The van der Waals surface area contributed by atoms with Crippen LogP contribution in [0.25, 0.3) is 0 Å². The minimum absolute atomic E-state index is 0.328. The predicted octanol–water partition coefficient (Wildman–Crippen LogP) is 2.79. The summed E-state index contributed by atoms with van der Waals surface area (Å²) in [5.41, 5.74) is 6.85. The molecule has 0 fully saturated rings. The molecule has 0 amide bonds. The zero-order chi connectivity index (χ0) is 12.3. The van der Waals surface area contributed by atoms with Crippen molar-refractivity contribution in [2.45, 2.75) is 33.6 Å². The van der Waals surface area contributed by atoms with Crippen molar-refractivity contribution in [3.63, 3.8) is 0 Å². The highest BCUT2D eigenvalue weighted by Crippen LogP contribution is 2.28. The molecular weight excluding hydrogens is 268 g/mol. The van der Waals surface area contributed by atoms with Crippen molar-refractivity contribution in [3.8, 4) is 0 Å². The number of rotatable bonds is 4. The molecule has 1 heterocycles. The van der Waals surface area contributed by atoms with Gasteiger partial charge in [-0.15, -0.1) is 0 Å². The molecule has 0 bridgehead atoms. The molecule has 2 N–H and O–H groups in total. The normalized spacial score (nSPS) is 10.9. The molecule has 1 aromatic rings. The second kappa shape index (κ2) is 5.48. The smallest absolute Gasteiger partial charge is 0.227 e. The van der Waals surface area contributed by atoms with Gasteiger partial charge in [0.1, 0.15) is 5.82 Å². The fraction of sp³-hybridized carbons (Fsp3) is 0.636. The Hall–Kier alpha value is -0.840. The third kappa shape index (κ3) is 2.64. The van der Waals surface area contributed by atoms with E-state index >= 15 is 0 Å². The van der Waals surface area contributed by atoms with Crippen molar-refractivity contribution in [1.29, 1.82) is 0 Å². The number of nitrogen functional groups attached to an aromatic ring is 1. The molecular formula is C11H19BrN4. The molecule has 1 aromatic heterocycles. The minimum Gasteiger partial charge on any atom is -0.383 e. The van der Waals surface area contributed by atoms with E-state index in [0.29, 0.717) is 11.7 Å². The van der Waals surface area contributed by atoms with Gasteiger partial charge < -0.3 is 10.6 Å². The summed E-state index contributed by atoms with van der Waals surface area (Å²) in [6.45, 7) is 10.1. The molecule has 90 valence electrons. The van der Waals surface area contributed by atoms with Crippen molar-refractivity contribution in [1.82, 2.24) is 9.97 Å². The van der Waals surface area contributed by atoms with Crippen LogP contribution in [0.3, 0.4) is 0 Å². The quantitative estimate of drug-likeness (QED) is 0.925. The van der Waals surface area contributed by atoms with Crippen molar-refractivity contribution in [2.24, 2.45) is 0 Å². The lowest BCUT2D eigenvalue weighted by molar-refractivity contribution is 0.771. The Morgan fingerprint density at radius 3 is 2.25 bits per heavy atom. The Bertz CT molecular complexity index is 361. The van der Waals surface area contributed by atoms with Crippen LogP contribution in [0.15, 0.2) is 4.47 Å². The number of halogens is 1. The van der Waals surface area contributed by atoms with Crippen LogP contribution in [0, 0.1) is 0 Å². The molecule has 1 rings (SSSR count). The molecule has 0 saturated carbocycles. The number of anilines is 2. The summed E-state index contributed by atoms with van der Waals surface area (Å²) in [5.74, 6) is 1.56. The highest BCUT2D eigenvalue weighted by atomic mass is 79.9. The first-order valence-electron chi connectivity index (χ1n) is 5.59. The standard InChI is InChI=1S/C11H19BrN4/c1-5-16(6-2)11-14-9(7(3)4)8(12)10(13)15-11/h7H,5-6H2,1-4H3,(H2,13,14,15). The van der Waals surface area contributed by atoms with Crippen molar-refractivity contribution < 1.29 is 0 Å². The Morgan fingerprint density at radius 2 is 1.81 bits per heavy atom. The van der Waals surface area contributed by atoms with Gasteiger partial charge in [0.15, 0.2) is 0 Å². The number of hydrogen-bond donors (Lipinski definition) is 1. The van der Waals surface area contributed by atoms with Gasteiger partial charge in [0.25, 0.3) is 0 Å². The summed E-state index contributed by atoms with van der Waals surface area (Å²) < 4.78 is 0.818. The van der Waals surface area contributed by atoms with Crippen LogP contribution in [0.4, 0.5) is 11.8 Å².